The molecule has 0 radical (unpaired) electrons. The van der Waals surface area contributed by atoms with Gasteiger partial charge in [-0.25, -0.2) is 0 Å². The second-order valence-corrected chi connectivity index (χ2v) is 6.35. The molecular weight excluding hydrogens is 316 g/mol. The molecule has 0 saturated heterocycles. The molecule has 0 fully saturated rings. The summed E-state index contributed by atoms with van der Waals surface area (Å²) < 4.78 is 2.70. The van der Waals surface area contributed by atoms with Crippen LogP contribution in [0.15, 0.2) is 34.8 Å². The largest absolute Gasteiger partial charge is 0.298 e. The number of ketones is 1. The van der Waals surface area contributed by atoms with E-state index in [9.17, 15) is 4.79 Å². The third kappa shape index (κ3) is 2.70. The topological polar surface area (TPSA) is 34.9 Å². The second-order valence-electron chi connectivity index (χ2n) is 5.56. The van der Waals surface area contributed by atoms with Crippen molar-refractivity contribution >= 4 is 21.7 Å². The van der Waals surface area contributed by atoms with Gasteiger partial charge in [-0.2, -0.15) is 5.10 Å². The van der Waals surface area contributed by atoms with Crippen molar-refractivity contribution in [2.45, 2.75) is 32.6 Å². The van der Waals surface area contributed by atoms with Crippen LogP contribution in [0.2, 0.25) is 0 Å². The van der Waals surface area contributed by atoms with Crippen LogP contribution in [0.3, 0.4) is 0 Å². The highest BCUT2D eigenvalue weighted by molar-refractivity contribution is 9.10. The second kappa shape index (κ2) is 5.52. The van der Waals surface area contributed by atoms with Gasteiger partial charge >= 0.3 is 0 Å². The third-order valence-corrected chi connectivity index (χ3v) is 4.81. The number of Topliss-reactive ketones (excluding diaryl/α,β-unsaturated/α-hetero) is 1. The van der Waals surface area contributed by atoms with Crippen LogP contribution in [-0.4, -0.2) is 15.6 Å². The fraction of sp³-hybridized carbons (Fsp3) is 0.375. The highest BCUT2D eigenvalue weighted by atomic mass is 79.9. The Hall–Kier alpha value is -1.42. The van der Waals surface area contributed by atoms with E-state index in [4.69, 9.17) is 0 Å². The number of carbonyl (C=O) groups is 1. The van der Waals surface area contributed by atoms with Gasteiger partial charge in [0.15, 0.2) is 0 Å². The molecule has 1 aromatic heterocycles. The minimum absolute atomic E-state index is 0.187. The number of aryl methyl sites for hydroxylation is 2. The van der Waals surface area contributed by atoms with Crippen molar-refractivity contribution in [2.24, 2.45) is 7.05 Å². The number of aromatic nitrogens is 2. The maximum Gasteiger partial charge on any atom is 0.148 e. The van der Waals surface area contributed by atoms with Gasteiger partial charge in [-0.05, 0) is 42.3 Å². The number of carbonyl (C=O) groups excluding carboxylic acids is 1. The van der Waals surface area contributed by atoms with E-state index in [-0.39, 0.29) is 5.78 Å². The van der Waals surface area contributed by atoms with E-state index in [1.807, 2.05) is 58.2 Å². The molecule has 0 saturated carbocycles. The summed E-state index contributed by atoms with van der Waals surface area (Å²) in [6, 6.07) is 9.90. The van der Waals surface area contributed by atoms with Crippen LogP contribution in [-0.2, 0) is 23.7 Å². The van der Waals surface area contributed by atoms with Crippen LogP contribution in [0.25, 0.3) is 0 Å². The van der Waals surface area contributed by atoms with Crippen LogP contribution >= 0.6 is 15.9 Å². The Morgan fingerprint density at radius 3 is 2.40 bits per heavy atom. The Balaban J connectivity index is 2.28. The highest BCUT2D eigenvalue weighted by Crippen LogP contribution is 2.28. The number of halogens is 1. The van der Waals surface area contributed by atoms with E-state index >= 15 is 0 Å². The van der Waals surface area contributed by atoms with Crippen LogP contribution in [0.4, 0.5) is 0 Å². The summed E-state index contributed by atoms with van der Waals surface area (Å²) in [5.74, 6) is 0.187. The van der Waals surface area contributed by atoms with Crippen molar-refractivity contribution in [3.63, 3.8) is 0 Å². The molecule has 0 unspecified atom stereocenters. The molecule has 0 amide bonds. The third-order valence-electron chi connectivity index (χ3n) is 3.78. The smallest absolute Gasteiger partial charge is 0.148 e. The molecule has 1 aromatic carbocycles. The summed E-state index contributed by atoms with van der Waals surface area (Å²) in [6.45, 7) is 5.88. The fourth-order valence-corrected chi connectivity index (χ4v) is 2.74. The van der Waals surface area contributed by atoms with Gasteiger partial charge in [0, 0.05) is 12.5 Å². The predicted octanol–water partition coefficient (Wildman–Crippen LogP) is 3.58. The number of rotatable bonds is 4. The van der Waals surface area contributed by atoms with E-state index < -0.39 is 5.41 Å². The van der Waals surface area contributed by atoms with Crippen molar-refractivity contribution in [1.29, 1.82) is 0 Å². The van der Waals surface area contributed by atoms with Crippen LogP contribution in [0, 0.1) is 6.92 Å². The normalized spacial score (nSPS) is 11.7. The molecule has 0 spiro atoms. The quantitative estimate of drug-likeness (QED) is 0.856. The molecule has 20 heavy (non-hydrogen) atoms. The summed E-state index contributed by atoms with van der Waals surface area (Å²) in [5.41, 5.74) is 2.38. The van der Waals surface area contributed by atoms with Gasteiger partial charge in [-0.1, -0.05) is 30.3 Å². The lowest BCUT2D eigenvalue weighted by Gasteiger charge is -2.23. The molecule has 0 atom stereocenters. The Morgan fingerprint density at radius 2 is 1.90 bits per heavy atom. The monoisotopic (exact) mass is 334 g/mol. The lowest BCUT2D eigenvalue weighted by Crippen LogP contribution is -2.31. The minimum atomic E-state index is -0.501. The first-order valence-electron chi connectivity index (χ1n) is 6.61. The van der Waals surface area contributed by atoms with Gasteiger partial charge in [-0.15, -0.1) is 0 Å². The zero-order valence-electron chi connectivity index (χ0n) is 12.3. The fourth-order valence-electron chi connectivity index (χ4n) is 2.26. The molecule has 3 nitrogen and oxygen atoms in total. The number of benzene rings is 1. The highest BCUT2D eigenvalue weighted by Gasteiger charge is 2.30. The van der Waals surface area contributed by atoms with Gasteiger partial charge in [0.25, 0.3) is 0 Å². The lowest BCUT2D eigenvalue weighted by atomic mass is 9.79. The number of hydrogen-bond donors (Lipinski definition) is 0. The molecule has 106 valence electrons. The Bertz CT molecular complexity index is 629. The molecule has 0 bridgehead atoms. The number of nitrogens with zero attached hydrogens (tertiary/aromatic N) is 2. The zero-order valence-corrected chi connectivity index (χ0v) is 13.9. The zero-order chi connectivity index (χ0) is 14.9. The Kier molecular flexibility index (Phi) is 4.14. The summed E-state index contributed by atoms with van der Waals surface area (Å²) in [4.78, 5) is 12.7. The van der Waals surface area contributed by atoms with Gasteiger partial charge < -0.3 is 0 Å². The molecule has 0 aliphatic rings. The molecule has 0 aliphatic carbocycles. The molecule has 0 N–H and O–H groups in total. The first-order chi connectivity index (χ1) is 9.34. The molecule has 0 aliphatic heterocycles. The van der Waals surface area contributed by atoms with E-state index in [1.54, 1.807) is 4.68 Å². The van der Waals surface area contributed by atoms with Crippen molar-refractivity contribution in [3.8, 4) is 0 Å². The minimum Gasteiger partial charge on any atom is -0.298 e. The summed E-state index contributed by atoms with van der Waals surface area (Å²) >= 11 is 3.52. The summed E-state index contributed by atoms with van der Waals surface area (Å²) in [5, 5.41) is 4.34. The molecule has 2 rings (SSSR count). The average molecular weight is 335 g/mol. The van der Waals surface area contributed by atoms with Crippen LogP contribution < -0.4 is 0 Å². The molecule has 1 heterocycles. The van der Waals surface area contributed by atoms with Gasteiger partial charge in [0.2, 0.25) is 0 Å². The Labute approximate surface area is 128 Å². The number of hydrogen-bond acceptors (Lipinski definition) is 2. The van der Waals surface area contributed by atoms with Gasteiger partial charge in [0.05, 0.1) is 22.3 Å². The average Bonchev–Trinajstić information content (AvgIpc) is 2.66. The summed E-state index contributed by atoms with van der Waals surface area (Å²) in [7, 11) is 1.87. The predicted molar refractivity (Wildman–Crippen MR) is 83.8 cm³/mol. The van der Waals surface area contributed by atoms with E-state index in [1.165, 1.54) is 0 Å². The van der Waals surface area contributed by atoms with E-state index in [0.717, 1.165) is 21.4 Å². The lowest BCUT2D eigenvalue weighted by molar-refractivity contribution is -0.122. The Morgan fingerprint density at radius 1 is 1.30 bits per heavy atom. The maximum absolute atomic E-state index is 12.7. The van der Waals surface area contributed by atoms with Crippen molar-refractivity contribution < 1.29 is 4.79 Å². The molecular formula is C16H19BrN2O. The van der Waals surface area contributed by atoms with E-state index in [0.29, 0.717) is 6.42 Å². The SMILES string of the molecule is Cc1nn(C)c(CC(=O)C(C)(C)c2ccccc2)c1Br. The van der Waals surface area contributed by atoms with Crippen LogP contribution in [0.5, 0.6) is 0 Å². The van der Waals surface area contributed by atoms with Gasteiger partial charge in [-0.3, -0.25) is 9.48 Å². The standard InChI is InChI=1S/C16H19BrN2O/c1-11-15(17)13(19(4)18-11)10-14(20)16(2,3)12-8-6-5-7-9-12/h5-9H,10H2,1-4H3. The molecule has 2 aromatic rings. The molecule has 4 heteroatoms. The first kappa shape index (κ1) is 15.0. The van der Waals surface area contributed by atoms with Crippen molar-refractivity contribution in [3.05, 3.63) is 51.8 Å². The maximum atomic E-state index is 12.7. The first-order valence-corrected chi connectivity index (χ1v) is 7.40. The van der Waals surface area contributed by atoms with E-state index in [2.05, 4.69) is 21.0 Å². The van der Waals surface area contributed by atoms with Crippen molar-refractivity contribution in [2.75, 3.05) is 0 Å². The van der Waals surface area contributed by atoms with Crippen LogP contribution in [0.1, 0.15) is 30.8 Å². The van der Waals surface area contributed by atoms with Gasteiger partial charge in [0.1, 0.15) is 5.78 Å². The van der Waals surface area contributed by atoms with Crippen molar-refractivity contribution in [1.82, 2.24) is 9.78 Å². The summed E-state index contributed by atoms with van der Waals surface area (Å²) in [6.07, 6.45) is 0.375.